The summed E-state index contributed by atoms with van der Waals surface area (Å²) < 4.78 is 6.24. The Morgan fingerprint density at radius 2 is 1.81 bits per heavy atom. The van der Waals surface area contributed by atoms with Crippen LogP contribution in [0.1, 0.15) is 56.1 Å². The highest BCUT2D eigenvalue weighted by atomic mass is 16.5. The van der Waals surface area contributed by atoms with E-state index in [1.807, 2.05) is 18.3 Å². The van der Waals surface area contributed by atoms with Crippen molar-refractivity contribution in [2.75, 3.05) is 26.7 Å². The third-order valence-electron chi connectivity index (χ3n) is 7.74. The number of aromatic nitrogens is 1. The zero-order valence-electron chi connectivity index (χ0n) is 21.6. The molecule has 190 valence electrons. The molecule has 5 nitrogen and oxygen atoms in total. The van der Waals surface area contributed by atoms with Gasteiger partial charge in [-0.25, -0.2) is 0 Å². The highest BCUT2D eigenvalue weighted by Gasteiger charge is 2.30. The number of pyridine rings is 1. The maximum atomic E-state index is 13.0. The van der Waals surface area contributed by atoms with Gasteiger partial charge in [0.15, 0.2) is 0 Å². The predicted molar refractivity (Wildman–Crippen MR) is 145 cm³/mol. The Hall–Kier alpha value is -2.92. The van der Waals surface area contributed by atoms with Crippen molar-refractivity contribution >= 4 is 16.8 Å². The molecule has 0 radical (unpaired) electrons. The maximum absolute atomic E-state index is 13.0. The standard InChI is InChI=1S/C31H39N3O2/c1-33(21-25-14-15-30-28(18-25)12-6-16-32-30)20-24-8-5-13-29(19-24)36-23-26-9-7-17-34(22-26)31(35)27-10-3-2-4-11-27/h5-6,8,12-16,18-19,26-27H,2-4,7,9-11,17,20-23H2,1H3/t26-/m0/s1. The molecule has 5 rings (SSSR count). The summed E-state index contributed by atoms with van der Waals surface area (Å²) >= 11 is 0. The van der Waals surface area contributed by atoms with Crippen molar-refractivity contribution in [3.8, 4) is 5.75 Å². The van der Waals surface area contributed by atoms with E-state index in [1.54, 1.807) is 0 Å². The summed E-state index contributed by atoms with van der Waals surface area (Å²) in [6.07, 6.45) is 9.93. The summed E-state index contributed by atoms with van der Waals surface area (Å²) in [4.78, 5) is 21.9. The molecule has 2 aromatic carbocycles. The molecule has 1 amide bonds. The zero-order valence-corrected chi connectivity index (χ0v) is 21.6. The Bertz CT molecular complexity index is 1160. The van der Waals surface area contributed by atoms with Crippen LogP contribution in [0.25, 0.3) is 10.9 Å². The Kier molecular flexibility index (Phi) is 8.17. The SMILES string of the molecule is CN(Cc1cccc(OC[C@H]2CCCN(C(=O)C3CCCCC3)C2)c1)Cc1ccc2ncccc2c1. The van der Waals surface area contributed by atoms with Gasteiger partial charge < -0.3 is 9.64 Å². The lowest BCUT2D eigenvalue weighted by molar-refractivity contribution is -0.138. The quantitative estimate of drug-likeness (QED) is 0.389. The molecule has 0 N–H and O–H groups in total. The van der Waals surface area contributed by atoms with Crippen molar-refractivity contribution in [2.45, 2.75) is 58.0 Å². The van der Waals surface area contributed by atoms with Gasteiger partial charge in [0.1, 0.15) is 5.75 Å². The first-order chi connectivity index (χ1) is 17.6. The predicted octanol–water partition coefficient (Wildman–Crippen LogP) is 6.06. The second kappa shape index (κ2) is 11.9. The molecule has 0 bridgehead atoms. The van der Waals surface area contributed by atoms with Gasteiger partial charge in [0.25, 0.3) is 0 Å². The van der Waals surface area contributed by atoms with Crippen LogP contribution in [0.15, 0.2) is 60.8 Å². The number of amides is 1. The summed E-state index contributed by atoms with van der Waals surface area (Å²) in [6.45, 7) is 4.18. The third-order valence-corrected chi connectivity index (χ3v) is 7.74. The second-order valence-corrected chi connectivity index (χ2v) is 10.8. The lowest BCUT2D eigenvalue weighted by atomic mass is 9.87. The average molecular weight is 486 g/mol. The van der Waals surface area contributed by atoms with Gasteiger partial charge >= 0.3 is 0 Å². The van der Waals surface area contributed by atoms with Crippen LogP contribution >= 0.6 is 0 Å². The number of hydrogen-bond acceptors (Lipinski definition) is 4. The molecule has 1 aliphatic heterocycles. The number of nitrogens with zero attached hydrogens (tertiary/aromatic N) is 3. The summed E-state index contributed by atoms with van der Waals surface area (Å²) in [5, 5.41) is 1.18. The summed E-state index contributed by atoms with van der Waals surface area (Å²) in [5.74, 6) is 2.00. The van der Waals surface area contributed by atoms with Crippen LogP contribution in [0.2, 0.25) is 0 Å². The van der Waals surface area contributed by atoms with Crippen LogP contribution in [0.5, 0.6) is 5.75 Å². The number of likely N-dealkylation sites (tertiary alicyclic amines) is 1. The minimum Gasteiger partial charge on any atom is -0.493 e. The van der Waals surface area contributed by atoms with Crippen LogP contribution in [0, 0.1) is 11.8 Å². The maximum Gasteiger partial charge on any atom is 0.225 e. The van der Waals surface area contributed by atoms with Crippen LogP contribution in [-0.4, -0.2) is 47.4 Å². The molecule has 0 spiro atoms. The van der Waals surface area contributed by atoms with Crippen molar-refractivity contribution in [1.29, 1.82) is 0 Å². The molecule has 1 aliphatic carbocycles. The molecular formula is C31H39N3O2. The van der Waals surface area contributed by atoms with Crippen molar-refractivity contribution in [3.63, 3.8) is 0 Å². The first-order valence-electron chi connectivity index (χ1n) is 13.7. The van der Waals surface area contributed by atoms with E-state index in [-0.39, 0.29) is 5.92 Å². The molecule has 2 fully saturated rings. The lowest BCUT2D eigenvalue weighted by Gasteiger charge is -2.35. The van der Waals surface area contributed by atoms with E-state index in [0.717, 1.165) is 63.1 Å². The van der Waals surface area contributed by atoms with E-state index in [1.165, 1.54) is 35.8 Å². The molecule has 1 aromatic heterocycles. The fraction of sp³-hybridized carbons (Fsp3) is 0.484. The molecular weight excluding hydrogens is 446 g/mol. The molecule has 1 saturated heterocycles. The Labute approximate surface area is 215 Å². The normalized spacial score (nSPS) is 19.1. The summed E-state index contributed by atoms with van der Waals surface area (Å²) in [6, 6.07) is 19.1. The summed E-state index contributed by atoms with van der Waals surface area (Å²) in [5.41, 5.74) is 3.57. The first-order valence-corrected chi connectivity index (χ1v) is 13.7. The van der Waals surface area contributed by atoms with E-state index < -0.39 is 0 Å². The van der Waals surface area contributed by atoms with Gasteiger partial charge in [-0.3, -0.25) is 14.7 Å². The Morgan fingerprint density at radius 3 is 2.67 bits per heavy atom. The van der Waals surface area contributed by atoms with E-state index in [4.69, 9.17) is 4.74 Å². The number of benzene rings is 2. The Balaban J connectivity index is 1.12. The minimum absolute atomic E-state index is 0.262. The fourth-order valence-electron chi connectivity index (χ4n) is 5.86. The lowest BCUT2D eigenvalue weighted by Crippen LogP contribution is -2.44. The van der Waals surface area contributed by atoms with Crippen LogP contribution < -0.4 is 4.74 Å². The van der Waals surface area contributed by atoms with Crippen LogP contribution in [0.3, 0.4) is 0 Å². The number of rotatable bonds is 8. The third kappa shape index (κ3) is 6.44. The first kappa shape index (κ1) is 24.8. The van der Waals surface area contributed by atoms with Gasteiger partial charge in [0.05, 0.1) is 12.1 Å². The van der Waals surface area contributed by atoms with Gasteiger partial charge in [-0.2, -0.15) is 0 Å². The number of carbonyl (C=O) groups is 1. The molecule has 36 heavy (non-hydrogen) atoms. The number of carbonyl (C=O) groups excluding carboxylic acids is 1. The second-order valence-electron chi connectivity index (χ2n) is 10.8. The molecule has 1 saturated carbocycles. The summed E-state index contributed by atoms with van der Waals surface area (Å²) in [7, 11) is 2.15. The van der Waals surface area contributed by atoms with Gasteiger partial charge in [-0.1, -0.05) is 43.5 Å². The largest absolute Gasteiger partial charge is 0.493 e. The fourth-order valence-corrected chi connectivity index (χ4v) is 5.86. The topological polar surface area (TPSA) is 45.7 Å². The highest BCUT2D eigenvalue weighted by molar-refractivity contribution is 5.79. The molecule has 3 aromatic rings. The highest BCUT2D eigenvalue weighted by Crippen LogP contribution is 2.28. The molecule has 1 atom stereocenters. The molecule has 5 heteroatoms. The van der Waals surface area contributed by atoms with Gasteiger partial charge in [-0.15, -0.1) is 0 Å². The molecule has 2 heterocycles. The van der Waals surface area contributed by atoms with Crippen molar-refractivity contribution in [1.82, 2.24) is 14.8 Å². The Morgan fingerprint density at radius 1 is 0.972 bits per heavy atom. The molecule has 0 unspecified atom stereocenters. The number of hydrogen-bond donors (Lipinski definition) is 0. The smallest absolute Gasteiger partial charge is 0.225 e. The van der Waals surface area contributed by atoms with Crippen molar-refractivity contribution in [2.24, 2.45) is 11.8 Å². The van der Waals surface area contributed by atoms with Crippen LogP contribution in [-0.2, 0) is 17.9 Å². The number of piperidine rings is 1. The van der Waals surface area contributed by atoms with Gasteiger partial charge in [0, 0.05) is 49.6 Å². The van der Waals surface area contributed by atoms with Gasteiger partial charge in [-0.05, 0) is 74.2 Å². The van der Waals surface area contributed by atoms with Crippen molar-refractivity contribution < 1.29 is 9.53 Å². The van der Waals surface area contributed by atoms with Gasteiger partial charge in [0.2, 0.25) is 5.91 Å². The van der Waals surface area contributed by atoms with E-state index in [0.29, 0.717) is 18.4 Å². The minimum atomic E-state index is 0.262. The molecule has 2 aliphatic rings. The van der Waals surface area contributed by atoms with E-state index in [2.05, 4.69) is 64.3 Å². The number of ether oxygens (including phenoxy) is 1. The number of fused-ring (bicyclic) bond motifs is 1. The van der Waals surface area contributed by atoms with E-state index in [9.17, 15) is 4.79 Å². The van der Waals surface area contributed by atoms with E-state index >= 15 is 0 Å². The van der Waals surface area contributed by atoms with Crippen molar-refractivity contribution in [3.05, 3.63) is 71.9 Å². The monoisotopic (exact) mass is 485 g/mol. The average Bonchev–Trinajstić information content (AvgIpc) is 2.92. The van der Waals surface area contributed by atoms with Crippen LogP contribution in [0.4, 0.5) is 0 Å². The zero-order chi connectivity index (χ0) is 24.7.